The van der Waals surface area contributed by atoms with Gasteiger partial charge in [-0.3, -0.25) is 0 Å². The molecule has 0 fully saturated rings. The lowest BCUT2D eigenvalue weighted by Crippen LogP contribution is -2.37. The molecule has 0 radical (unpaired) electrons. The molecule has 0 saturated heterocycles. The number of amides is 2. The number of nitrogens with zero attached hydrogens (tertiary/aromatic N) is 1. The van der Waals surface area contributed by atoms with Gasteiger partial charge in [-0.1, -0.05) is 31.0 Å². The fourth-order valence-electron chi connectivity index (χ4n) is 1.16. The number of hydrogen-bond donors (Lipinski definition) is 1. The fourth-order valence-corrected chi connectivity index (χ4v) is 1.43. The van der Waals surface area contributed by atoms with E-state index in [1.165, 1.54) is 4.90 Å². The molecule has 0 bridgehead atoms. The fraction of sp³-hybridized carbons (Fsp3) is 0.500. The summed E-state index contributed by atoms with van der Waals surface area (Å²) in [5.74, 6) is 0. The monoisotopic (exact) mass is 214 g/mol. The van der Waals surface area contributed by atoms with Crippen LogP contribution in [0.15, 0.2) is 23.0 Å². The summed E-state index contributed by atoms with van der Waals surface area (Å²) in [4.78, 5) is 12.7. The van der Waals surface area contributed by atoms with E-state index in [2.05, 4.69) is 12.2 Å². The summed E-state index contributed by atoms with van der Waals surface area (Å²) in [6, 6.07) is -0.142. The number of halogens is 1. The van der Waals surface area contributed by atoms with Crippen LogP contribution in [0, 0.1) is 0 Å². The largest absolute Gasteiger partial charge is 0.325 e. The summed E-state index contributed by atoms with van der Waals surface area (Å²) < 4.78 is 0. The van der Waals surface area contributed by atoms with Crippen LogP contribution >= 0.6 is 11.6 Å². The van der Waals surface area contributed by atoms with Gasteiger partial charge < -0.3 is 10.2 Å². The highest BCUT2D eigenvalue weighted by atomic mass is 35.5. The van der Waals surface area contributed by atoms with Crippen LogP contribution in [0.5, 0.6) is 0 Å². The molecular formula is C10H15ClN2O. The lowest BCUT2D eigenvalue weighted by atomic mass is 10.2. The predicted molar refractivity (Wildman–Crippen MR) is 57.8 cm³/mol. The Morgan fingerprint density at radius 1 is 1.64 bits per heavy atom. The van der Waals surface area contributed by atoms with Crippen LogP contribution in [0.1, 0.15) is 26.2 Å². The van der Waals surface area contributed by atoms with Crippen LogP contribution in [0.4, 0.5) is 4.79 Å². The molecule has 14 heavy (non-hydrogen) atoms. The van der Waals surface area contributed by atoms with E-state index in [1.807, 2.05) is 6.08 Å². The van der Waals surface area contributed by atoms with Gasteiger partial charge in [-0.05, 0) is 12.8 Å². The Kier molecular flexibility index (Phi) is 4.01. The Morgan fingerprint density at radius 3 is 3.00 bits per heavy atom. The number of hydrogen-bond acceptors (Lipinski definition) is 1. The van der Waals surface area contributed by atoms with Gasteiger partial charge in [0.2, 0.25) is 0 Å². The topological polar surface area (TPSA) is 32.3 Å². The molecule has 78 valence electrons. The summed E-state index contributed by atoms with van der Waals surface area (Å²) in [6.07, 6.45) is 6.78. The quantitative estimate of drug-likeness (QED) is 0.720. The van der Waals surface area contributed by atoms with Gasteiger partial charge in [0.1, 0.15) is 0 Å². The third-order valence-electron chi connectivity index (χ3n) is 2.03. The van der Waals surface area contributed by atoms with E-state index < -0.39 is 0 Å². The van der Waals surface area contributed by atoms with Crippen molar-refractivity contribution >= 4 is 17.6 Å². The van der Waals surface area contributed by atoms with Gasteiger partial charge in [-0.15, -0.1) is 0 Å². The van der Waals surface area contributed by atoms with Crippen molar-refractivity contribution in [1.82, 2.24) is 10.2 Å². The van der Waals surface area contributed by atoms with Crippen molar-refractivity contribution in [2.45, 2.75) is 26.2 Å². The van der Waals surface area contributed by atoms with E-state index in [0.29, 0.717) is 5.03 Å². The van der Waals surface area contributed by atoms with E-state index in [-0.39, 0.29) is 6.03 Å². The molecular weight excluding hydrogens is 200 g/mol. The first-order valence-corrected chi connectivity index (χ1v) is 5.14. The Balaban J connectivity index is 2.66. The second kappa shape index (κ2) is 5.05. The average molecular weight is 215 g/mol. The smallest absolute Gasteiger partial charge is 0.306 e. The molecule has 0 atom stereocenters. The van der Waals surface area contributed by atoms with Crippen molar-refractivity contribution in [2.75, 3.05) is 7.05 Å². The van der Waals surface area contributed by atoms with Crippen molar-refractivity contribution in [1.29, 1.82) is 0 Å². The van der Waals surface area contributed by atoms with Crippen LogP contribution in [0.3, 0.4) is 0 Å². The predicted octanol–water partition coefficient (Wildman–Crippen LogP) is 2.80. The van der Waals surface area contributed by atoms with Gasteiger partial charge in [0.15, 0.2) is 0 Å². The highest BCUT2D eigenvalue weighted by molar-refractivity contribution is 6.32. The van der Waals surface area contributed by atoms with E-state index in [1.54, 1.807) is 13.2 Å². The summed E-state index contributed by atoms with van der Waals surface area (Å²) in [5, 5.41) is 3.31. The van der Waals surface area contributed by atoms with E-state index >= 15 is 0 Å². The third kappa shape index (κ3) is 2.77. The van der Waals surface area contributed by atoms with Crippen LogP contribution in [0.2, 0.25) is 0 Å². The third-order valence-corrected chi connectivity index (χ3v) is 2.33. The number of rotatable bonds is 3. The molecule has 1 aliphatic heterocycles. The minimum absolute atomic E-state index is 0.142. The minimum Gasteiger partial charge on any atom is -0.306 e. The van der Waals surface area contributed by atoms with Crippen molar-refractivity contribution in [2.24, 2.45) is 0 Å². The van der Waals surface area contributed by atoms with Gasteiger partial charge in [0.05, 0.1) is 10.7 Å². The number of urea groups is 1. The number of carbonyl (C=O) groups excluding carboxylic acids is 1. The maximum absolute atomic E-state index is 11.3. The molecule has 2 amide bonds. The molecule has 0 aliphatic carbocycles. The average Bonchev–Trinajstić information content (AvgIpc) is 2.14. The first-order chi connectivity index (χ1) is 6.65. The lowest BCUT2D eigenvalue weighted by Gasteiger charge is -2.21. The van der Waals surface area contributed by atoms with Gasteiger partial charge in [-0.2, -0.15) is 0 Å². The molecule has 0 spiro atoms. The second-order valence-corrected chi connectivity index (χ2v) is 3.69. The molecule has 0 aromatic heterocycles. The van der Waals surface area contributed by atoms with Crippen molar-refractivity contribution in [3.63, 3.8) is 0 Å². The SMILES string of the molecule is CCCCC=C1NC(=O)N(C)C=C1Cl. The van der Waals surface area contributed by atoms with Crippen molar-refractivity contribution < 1.29 is 4.79 Å². The Morgan fingerprint density at radius 2 is 2.36 bits per heavy atom. The zero-order chi connectivity index (χ0) is 10.6. The summed E-state index contributed by atoms with van der Waals surface area (Å²) in [7, 11) is 1.67. The number of allylic oxidation sites excluding steroid dienone is 2. The first kappa shape index (κ1) is 11.1. The highest BCUT2D eigenvalue weighted by Gasteiger charge is 2.16. The van der Waals surface area contributed by atoms with Crippen molar-refractivity contribution in [3.05, 3.63) is 23.0 Å². The maximum Gasteiger partial charge on any atom is 0.325 e. The second-order valence-electron chi connectivity index (χ2n) is 3.28. The van der Waals surface area contributed by atoms with Crippen LogP contribution < -0.4 is 5.32 Å². The van der Waals surface area contributed by atoms with Gasteiger partial charge in [0.25, 0.3) is 0 Å². The molecule has 0 aromatic carbocycles. The van der Waals surface area contributed by atoms with Gasteiger partial charge in [0, 0.05) is 13.2 Å². The van der Waals surface area contributed by atoms with E-state index in [0.717, 1.165) is 25.0 Å². The highest BCUT2D eigenvalue weighted by Crippen LogP contribution is 2.18. The van der Waals surface area contributed by atoms with E-state index in [4.69, 9.17) is 11.6 Å². The Hall–Kier alpha value is -0.960. The maximum atomic E-state index is 11.3. The summed E-state index contributed by atoms with van der Waals surface area (Å²) in [6.45, 7) is 2.13. The Bertz CT molecular complexity index is 284. The zero-order valence-corrected chi connectivity index (χ0v) is 9.27. The van der Waals surface area contributed by atoms with Gasteiger partial charge >= 0.3 is 6.03 Å². The minimum atomic E-state index is -0.142. The van der Waals surface area contributed by atoms with Gasteiger partial charge in [-0.25, -0.2) is 4.79 Å². The summed E-state index contributed by atoms with van der Waals surface area (Å²) in [5.41, 5.74) is 0.725. The Labute approximate surface area is 89.4 Å². The van der Waals surface area contributed by atoms with Crippen LogP contribution in [0.25, 0.3) is 0 Å². The molecule has 0 aromatic rings. The van der Waals surface area contributed by atoms with E-state index in [9.17, 15) is 4.79 Å². The molecule has 0 unspecified atom stereocenters. The standard InChI is InChI=1S/C10H15ClN2O/c1-3-4-5-6-9-8(11)7-13(2)10(14)12-9/h6-7H,3-5H2,1-2H3,(H,12,14). The molecule has 1 N–H and O–H groups in total. The van der Waals surface area contributed by atoms with Crippen LogP contribution in [-0.2, 0) is 0 Å². The molecule has 4 heteroatoms. The molecule has 1 aliphatic rings. The summed E-state index contributed by atoms with van der Waals surface area (Å²) >= 11 is 5.96. The zero-order valence-electron chi connectivity index (χ0n) is 8.51. The molecule has 1 rings (SSSR count). The van der Waals surface area contributed by atoms with Crippen molar-refractivity contribution in [3.8, 4) is 0 Å². The number of nitrogens with one attached hydrogen (secondary N) is 1. The normalized spacial score (nSPS) is 19.6. The lowest BCUT2D eigenvalue weighted by molar-refractivity contribution is 0.223. The number of carbonyl (C=O) groups is 1. The number of unbranched alkanes of at least 4 members (excludes halogenated alkanes) is 2. The first-order valence-electron chi connectivity index (χ1n) is 4.76. The van der Waals surface area contributed by atoms with Crippen LogP contribution in [-0.4, -0.2) is 18.0 Å². The molecule has 1 heterocycles. The molecule has 3 nitrogen and oxygen atoms in total. The molecule has 0 saturated carbocycles.